The van der Waals surface area contributed by atoms with E-state index >= 15 is 0 Å². The quantitative estimate of drug-likeness (QED) is 0.758. The zero-order chi connectivity index (χ0) is 11.4. The SMILES string of the molecule is Clc1ccc(CCCCNC2CC2)cc1Cl. The zero-order valence-corrected chi connectivity index (χ0v) is 10.8. The van der Waals surface area contributed by atoms with Crippen molar-refractivity contribution in [3.8, 4) is 0 Å². The summed E-state index contributed by atoms with van der Waals surface area (Å²) >= 11 is 11.8. The summed E-state index contributed by atoms with van der Waals surface area (Å²) in [6.07, 6.45) is 6.26. The van der Waals surface area contributed by atoms with Crippen LogP contribution in [0.25, 0.3) is 0 Å². The molecule has 16 heavy (non-hydrogen) atoms. The lowest BCUT2D eigenvalue weighted by atomic mass is 10.1. The Hall–Kier alpha value is -0.240. The van der Waals surface area contributed by atoms with E-state index in [-0.39, 0.29) is 0 Å². The van der Waals surface area contributed by atoms with Crippen molar-refractivity contribution in [2.45, 2.75) is 38.1 Å². The molecule has 1 fully saturated rings. The van der Waals surface area contributed by atoms with Gasteiger partial charge in [-0.05, 0) is 56.3 Å². The Kier molecular flexibility index (Phi) is 4.51. The maximum absolute atomic E-state index is 5.96. The molecule has 0 amide bonds. The molecule has 0 aromatic heterocycles. The van der Waals surface area contributed by atoms with E-state index in [0.717, 1.165) is 19.0 Å². The molecule has 1 nitrogen and oxygen atoms in total. The predicted octanol–water partition coefficient (Wildman–Crippen LogP) is 4.07. The molecular weight excluding hydrogens is 241 g/mol. The van der Waals surface area contributed by atoms with Crippen molar-refractivity contribution < 1.29 is 0 Å². The maximum atomic E-state index is 5.96. The van der Waals surface area contributed by atoms with Crippen molar-refractivity contribution in [3.63, 3.8) is 0 Å². The minimum Gasteiger partial charge on any atom is -0.314 e. The summed E-state index contributed by atoms with van der Waals surface area (Å²) in [5.41, 5.74) is 1.28. The van der Waals surface area contributed by atoms with E-state index in [9.17, 15) is 0 Å². The molecule has 3 heteroatoms. The predicted molar refractivity (Wildman–Crippen MR) is 70.4 cm³/mol. The lowest BCUT2D eigenvalue weighted by Crippen LogP contribution is -2.17. The summed E-state index contributed by atoms with van der Waals surface area (Å²) in [6, 6.07) is 6.73. The minimum absolute atomic E-state index is 0.640. The van der Waals surface area contributed by atoms with Gasteiger partial charge in [0.15, 0.2) is 0 Å². The van der Waals surface area contributed by atoms with Crippen LogP contribution in [0, 0.1) is 0 Å². The first-order valence-electron chi connectivity index (χ1n) is 5.93. The van der Waals surface area contributed by atoms with E-state index in [4.69, 9.17) is 23.2 Å². The molecule has 0 heterocycles. The fourth-order valence-electron chi connectivity index (χ4n) is 1.74. The monoisotopic (exact) mass is 257 g/mol. The van der Waals surface area contributed by atoms with Gasteiger partial charge < -0.3 is 5.32 Å². The van der Waals surface area contributed by atoms with Crippen LogP contribution in [0.5, 0.6) is 0 Å². The number of halogens is 2. The molecule has 1 aliphatic carbocycles. The second-order valence-electron chi connectivity index (χ2n) is 4.43. The van der Waals surface area contributed by atoms with Gasteiger partial charge in [0.05, 0.1) is 10.0 Å². The molecule has 0 saturated heterocycles. The first-order chi connectivity index (χ1) is 7.75. The Bertz CT molecular complexity index is 348. The van der Waals surface area contributed by atoms with Gasteiger partial charge in [-0.15, -0.1) is 0 Å². The van der Waals surface area contributed by atoms with Crippen molar-refractivity contribution in [1.82, 2.24) is 5.32 Å². The summed E-state index contributed by atoms with van der Waals surface area (Å²) < 4.78 is 0. The maximum Gasteiger partial charge on any atom is 0.0595 e. The summed E-state index contributed by atoms with van der Waals surface area (Å²) in [5, 5.41) is 4.82. The molecule has 0 bridgehead atoms. The molecule has 0 unspecified atom stereocenters. The van der Waals surface area contributed by atoms with Crippen LogP contribution >= 0.6 is 23.2 Å². The van der Waals surface area contributed by atoms with Crippen molar-refractivity contribution >= 4 is 23.2 Å². The van der Waals surface area contributed by atoms with Crippen LogP contribution in [-0.2, 0) is 6.42 Å². The number of benzene rings is 1. The molecule has 0 spiro atoms. The topological polar surface area (TPSA) is 12.0 Å². The number of rotatable bonds is 6. The fraction of sp³-hybridized carbons (Fsp3) is 0.538. The Balaban J connectivity index is 1.65. The average Bonchev–Trinajstić information content (AvgIpc) is 3.07. The largest absolute Gasteiger partial charge is 0.314 e. The standard InChI is InChI=1S/C13H17Cl2N/c14-12-7-4-10(9-13(12)15)3-1-2-8-16-11-5-6-11/h4,7,9,11,16H,1-3,5-6,8H2. The van der Waals surface area contributed by atoms with Gasteiger partial charge in [-0.3, -0.25) is 0 Å². The van der Waals surface area contributed by atoms with Crippen LogP contribution < -0.4 is 5.32 Å². The smallest absolute Gasteiger partial charge is 0.0595 e. The molecule has 2 rings (SSSR count). The first kappa shape index (κ1) is 12.2. The molecule has 0 aliphatic heterocycles. The van der Waals surface area contributed by atoms with Gasteiger partial charge in [0.1, 0.15) is 0 Å². The van der Waals surface area contributed by atoms with Crippen molar-refractivity contribution in [3.05, 3.63) is 33.8 Å². The molecule has 0 radical (unpaired) electrons. The highest BCUT2D eigenvalue weighted by atomic mass is 35.5. The second kappa shape index (κ2) is 5.90. The van der Waals surface area contributed by atoms with Crippen LogP contribution in [-0.4, -0.2) is 12.6 Å². The Morgan fingerprint density at radius 1 is 1.12 bits per heavy atom. The Morgan fingerprint density at radius 2 is 1.94 bits per heavy atom. The average molecular weight is 258 g/mol. The number of hydrogen-bond donors (Lipinski definition) is 1. The van der Waals surface area contributed by atoms with Gasteiger partial charge in [-0.25, -0.2) is 0 Å². The van der Waals surface area contributed by atoms with Crippen LogP contribution in [0.4, 0.5) is 0 Å². The van der Waals surface area contributed by atoms with Crippen molar-refractivity contribution in [2.75, 3.05) is 6.54 Å². The number of hydrogen-bond acceptors (Lipinski definition) is 1. The lowest BCUT2D eigenvalue weighted by molar-refractivity contribution is 0.620. The third-order valence-corrected chi connectivity index (χ3v) is 3.63. The molecule has 1 aromatic carbocycles. The molecule has 88 valence electrons. The molecule has 1 saturated carbocycles. The summed E-state index contributed by atoms with van der Waals surface area (Å²) in [5.74, 6) is 0. The number of nitrogens with one attached hydrogen (secondary N) is 1. The van der Waals surface area contributed by atoms with E-state index in [0.29, 0.717) is 10.0 Å². The molecular formula is C13H17Cl2N. The highest BCUT2D eigenvalue weighted by Crippen LogP contribution is 2.23. The first-order valence-corrected chi connectivity index (χ1v) is 6.68. The zero-order valence-electron chi connectivity index (χ0n) is 9.31. The molecule has 1 aliphatic rings. The third-order valence-electron chi connectivity index (χ3n) is 2.89. The lowest BCUT2D eigenvalue weighted by Gasteiger charge is -2.04. The Morgan fingerprint density at radius 3 is 2.62 bits per heavy atom. The van der Waals surface area contributed by atoms with E-state index in [1.54, 1.807) is 0 Å². The molecule has 1 N–H and O–H groups in total. The van der Waals surface area contributed by atoms with Crippen LogP contribution in [0.2, 0.25) is 10.0 Å². The summed E-state index contributed by atoms with van der Waals surface area (Å²) in [6.45, 7) is 1.14. The highest BCUT2D eigenvalue weighted by molar-refractivity contribution is 6.42. The van der Waals surface area contributed by atoms with Gasteiger partial charge in [0.25, 0.3) is 0 Å². The van der Waals surface area contributed by atoms with E-state index < -0.39 is 0 Å². The van der Waals surface area contributed by atoms with Crippen LogP contribution in [0.3, 0.4) is 0 Å². The minimum atomic E-state index is 0.640. The molecule has 1 aromatic rings. The Labute approximate surface area is 107 Å². The second-order valence-corrected chi connectivity index (χ2v) is 5.25. The van der Waals surface area contributed by atoms with E-state index in [2.05, 4.69) is 11.4 Å². The van der Waals surface area contributed by atoms with Gasteiger partial charge in [0.2, 0.25) is 0 Å². The van der Waals surface area contributed by atoms with Crippen molar-refractivity contribution in [1.29, 1.82) is 0 Å². The summed E-state index contributed by atoms with van der Waals surface area (Å²) in [4.78, 5) is 0. The van der Waals surface area contributed by atoms with Crippen molar-refractivity contribution in [2.24, 2.45) is 0 Å². The van der Waals surface area contributed by atoms with E-state index in [1.807, 2.05) is 12.1 Å². The van der Waals surface area contributed by atoms with Gasteiger partial charge >= 0.3 is 0 Å². The van der Waals surface area contributed by atoms with Crippen LogP contribution in [0.1, 0.15) is 31.2 Å². The van der Waals surface area contributed by atoms with Gasteiger partial charge in [-0.1, -0.05) is 29.3 Å². The number of aryl methyl sites for hydroxylation is 1. The fourth-order valence-corrected chi connectivity index (χ4v) is 2.06. The third kappa shape index (κ3) is 3.97. The van der Waals surface area contributed by atoms with Crippen LogP contribution in [0.15, 0.2) is 18.2 Å². The molecule has 0 atom stereocenters. The van der Waals surface area contributed by atoms with Gasteiger partial charge in [0, 0.05) is 6.04 Å². The number of unbranched alkanes of at least 4 members (excludes halogenated alkanes) is 1. The van der Waals surface area contributed by atoms with Gasteiger partial charge in [-0.2, -0.15) is 0 Å². The normalized spacial score (nSPS) is 15.4. The van der Waals surface area contributed by atoms with E-state index in [1.165, 1.54) is 31.2 Å². The highest BCUT2D eigenvalue weighted by Gasteiger charge is 2.19. The summed E-state index contributed by atoms with van der Waals surface area (Å²) in [7, 11) is 0.